The summed E-state index contributed by atoms with van der Waals surface area (Å²) in [6, 6.07) is 4.42. The first-order chi connectivity index (χ1) is 10.3. The number of aromatic nitrogens is 2. The number of carbonyl (C=O) groups excluding carboxylic acids is 1. The van der Waals surface area contributed by atoms with Crippen LogP contribution in [0.4, 0.5) is 0 Å². The molecular weight excluding hydrogens is 264 g/mol. The molecule has 0 bridgehead atoms. The molecule has 2 N–H and O–H groups in total. The third kappa shape index (κ3) is 3.42. The highest BCUT2D eigenvalue weighted by Gasteiger charge is 2.23. The number of pyridine rings is 1. The van der Waals surface area contributed by atoms with Gasteiger partial charge in [-0.25, -0.2) is 4.98 Å². The molecular formula is C16H22N4O. The average molecular weight is 286 g/mol. The molecule has 0 unspecified atom stereocenters. The summed E-state index contributed by atoms with van der Waals surface area (Å²) in [6.45, 7) is 4.31. The highest BCUT2D eigenvalue weighted by Crippen LogP contribution is 2.21. The standard InChI is InChI=1S/C16H22N4O/c1-2-7-17-9-12-10-20(11-15(21)19-13-5-6-13)16-14(12)4-3-8-18-16/h3-4,8,10,13,17H,2,5-7,9,11H2,1H3,(H,19,21). The van der Waals surface area contributed by atoms with Crippen LogP contribution in [0.2, 0.25) is 0 Å². The Kier molecular flexibility index (Phi) is 4.20. The van der Waals surface area contributed by atoms with Crippen LogP contribution in [0.25, 0.3) is 11.0 Å². The third-order valence-electron chi connectivity index (χ3n) is 3.71. The fourth-order valence-electron chi connectivity index (χ4n) is 2.51. The van der Waals surface area contributed by atoms with Gasteiger partial charge in [0.2, 0.25) is 5.91 Å². The minimum atomic E-state index is 0.0770. The Morgan fingerprint density at radius 2 is 2.33 bits per heavy atom. The van der Waals surface area contributed by atoms with E-state index in [1.165, 1.54) is 5.56 Å². The van der Waals surface area contributed by atoms with Gasteiger partial charge in [0.25, 0.3) is 0 Å². The van der Waals surface area contributed by atoms with Crippen LogP contribution in [0, 0.1) is 0 Å². The lowest BCUT2D eigenvalue weighted by Gasteiger charge is -2.05. The van der Waals surface area contributed by atoms with Gasteiger partial charge in [0, 0.05) is 30.4 Å². The summed E-state index contributed by atoms with van der Waals surface area (Å²) in [5, 5.41) is 7.56. The Hall–Kier alpha value is -1.88. The maximum Gasteiger partial charge on any atom is 0.240 e. The second-order valence-corrected chi connectivity index (χ2v) is 5.68. The smallest absolute Gasteiger partial charge is 0.240 e. The van der Waals surface area contributed by atoms with E-state index >= 15 is 0 Å². The Morgan fingerprint density at radius 1 is 1.48 bits per heavy atom. The number of rotatable bonds is 7. The van der Waals surface area contributed by atoms with Crippen LogP contribution in [0.15, 0.2) is 24.5 Å². The number of carbonyl (C=O) groups is 1. The van der Waals surface area contributed by atoms with E-state index in [-0.39, 0.29) is 5.91 Å². The van der Waals surface area contributed by atoms with E-state index in [1.807, 2.05) is 16.8 Å². The molecule has 2 aromatic rings. The van der Waals surface area contributed by atoms with E-state index in [1.54, 1.807) is 6.20 Å². The zero-order chi connectivity index (χ0) is 14.7. The van der Waals surface area contributed by atoms with Crippen molar-refractivity contribution in [3.05, 3.63) is 30.1 Å². The van der Waals surface area contributed by atoms with Crippen molar-refractivity contribution >= 4 is 16.9 Å². The van der Waals surface area contributed by atoms with Gasteiger partial charge >= 0.3 is 0 Å². The lowest BCUT2D eigenvalue weighted by atomic mass is 10.2. The maximum atomic E-state index is 12.0. The molecule has 2 aromatic heterocycles. The van der Waals surface area contributed by atoms with E-state index in [2.05, 4.69) is 28.6 Å². The van der Waals surface area contributed by atoms with Crippen LogP contribution in [0.3, 0.4) is 0 Å². The molecule has 1 aliphatic rings. The van der Waals surface area contributed by atoms with E-state index in [4.69, 9.17) is 0 Å². The van der Waals surface area contributed by atoms with Gasteiger partial charge in [-0.2, -0.15) is 0 Å². The molecule has 2 heterocycles. The molecule has 5 heteroatoms. The highest BCUT2D eigenvalue weighted by molar-refractivity contribution is 5.83. The first kappa shape index (κ1) is 14.1. The number of hydrogen-bond acceptors (Lipinski definition) is 3. The summed E-state index contributed by atoms with van der Waals surface area (Å²) >= 11 is 0. The van der Waals surface area contributed by atoms with Crippen molar-refractivity contribution in [2.45, 2.75) is 45.3 Å². The highest BCUT2D eigenvalue weighted by atomic mass is 16.2. The van der Waals surface area contributed by atoms with E-state index in [0.717, 1.165) is 43.4 Å². The fraction of sp³-hybridized carbons (Fsp3) is 0.500. The van der Waals surface area contributed by atoms with Gasteiger partial charge in [0.05, 0.1) is 0 Å². The first-order valence-corrected chi connectivity index (χ1v) is 7.70. The zero-order valence-electron chi connectivity index (χ0n) is 12.4. The average Bonchev–Trinajstić information content (AvgIpc) is 3.23. The van der Waals surface area contributed by atoms with Crippen LogP contribution < -0.4 is 10.6 Å². The molecule has 5 nitrogen and oxygen atoms in total. The number of hydrogen-bond donors (Lipinski definition) is 2. The van der Waals surface area contributed by atoms with Gasteiger partial charge in [-0.15, -0.1) is 0 Å². The topological polar surface area (TPSA) is 59.0 Å². The normalized spacial score (nSPS) is 14.5. The molecule has 0 spiro atoms. The van der Waals surface area contributed by atoms with Crippen molar-refractivity contribution in [1.29, 1.82) is 0 Å². The summed E-state index contributed by atoms with van der Waals surface area (Å²) in [7, 11) is 0. The number of amides is 1. The van der Waals surface area contributed by atoms with Crippen LogP contribution >= 0.6 is 0 Å². The van der Waals surface area contributed by atoms with Gasteiger partial charge in [-0.1, -0.05) is 6.92 Å². The van der Waals surface area contributed by atoms with Gasteiger partial charge in [-0.3, -0.25) is 4.79 Å². The van der Waals surface area contributed by atoms with Gasteiger partial charge < -0.3 is 15.2 Å². The molecule has 0 radical (unpaired) electrons. The predicted octanol–water partition coefficient (Wildman–Crippen LogP) is 1.81. The number of nitrogens with zero attached hydrogens (tertiary/aromatic N) is 2. The molecule has 0 atom stereocenters. The SMILES string of the molecule is CCCNCc1cn(CC(=O)NC2CC2)c2ncccc12. The van der Waals surface area contributed by atoms with Crippen molar-refractivity contribution < 1.29 is 4.79 Å². The summed E-state index contributed by atoms with van der Waals surface area (Å²) in [5.74, 6) is 0.0770. The Balaban J connectivity index is 1.78. The summed E-state index contributed by atoms with van der Waals surface area (Å²) < 4.78 is 1.95. The number of nitrogens with one attached hydrogen (secondary N) is 2. The molecule has 1 aliphatic carbocycles. The van der Waals surface area contributed by atoms with Crippen molar-refractivity contribution in [3.8, 4) is 0 Å². The van der Waals surface area contributed by atoms with Crippen molar-refractivity contribution in [1.82, 2.24) is 20.2 Å². The van der Waals surface area contributed by atoms with Crippen molar-refractivity contribution in [2.24, 2.45) is 0 Å². The van der Waals surface area contributed by atoms with Crippen LogP contribution in [-0.2, 0) is 17.9 Å². The molecule has 0 saturated heterocycles. The van der Waals surface area contributed by atoms with Crippen LogP contribution in [0.5, 0.6) is 0 Å². The zero-order valence-corrected chi connectivity index (χ0v) is 12.4. The molecule has 1 saturated carbocycles. The monoisotopic (exact) mass is 286 g/mol. The summed E-state index contributed by atoms with van der Waals surface area (Å²) in [4.78, 5) is 16.4. The van der Waals surface area contributed by atoms with E-state index in [9.17, 15) is 4.79 Å². The molecule has 0 aliphatic heterocycles. The summed E-state index contributed by atoms with van der Waals surface area (Å²) in [6.07, 6.45) is 7.17. The molecule has 0 aromatic carbocycles. The molecule has 112 valence electrons. The lowest BCUT2D eigenvalue weighted by molar-refractivity contribution is -0.121. The van der Waals surface area contributed by atoms with Gasteiger partial charge in [-0.05, 0) is 43.5 Å². The first-order valence-electron chi connectivity index (χ1n) is 7.70. The maximum absolute atomic E-state index is 12.0. The Labute approximate surface area is 124 Å². The molecule has 1 fully saturated rings. The Morgan fingerprint density at radius 3 is 3.10 bits per heavy atom. The quantitative estimate of drug-likeness (QED) is 0.763. The van der Waals surface area contributed by atoms with E-state index in [0.29, 0.717) is 12.6 Å². The molecule has 3 rings (SSSR count). The van der Waals surface area contributed by atoms with Crippen LogP contribution in [0.1, 0.15) is 31.7 Å². The minimum Gasteiger partial charge on any atom is -0.352 e. The summed E-state index contributed by atoms with van der Waals surface area (Å²) in [5.41, 5.74) is 2.09. The third-order valence-corrected chi connectivity index (χ3v) is 3.71. The minimum absolute atomic E-state index is 0.0770. The Bertz CT molecular complexity index is 630. The van der Waals surface area contributed by atoms with Gasteiger partial charge in [0.1, 0.15) is 12.2 Å². The largest absolute Gasteiger partial charge is 0.352 e. The predicted molar refractivity (Wildman–Crippen MR) is 82.9 cm³/mol. The number of fused-ring (bicyclic) bond motifs is 1. The van der Waals surface area contributed by atoms with Crippen molar-refractivity contribution in [2.75, 3.05) is 6.54 Å². The van der Waals surface area contributed by atoms with E-state index < -0.39 is 0 Å². The van der Waals surface area contributed by atoms with Crippen LogP contribution in [-0.4, -0.2) is 28.0 Å². The molecule has 21 heavy (non-hydrogen) atoms. The van der Waals surface area contributed by atoms with Crippen molar-refractivity contribution in [3.63, 3.8) is 0 Å². The second kappa shape index (κ2) is 6.26. The lowest BCUT2D eigenvalue weighted by Crippen LogP contribution is -2.29. The fourth-order valence-corrected chi connectivity index (χ4v) is 2.51. The second-order valence-electron chi connectivity index (χ2n) is 5.68. The molecule has 1 amide bonds. The van der Waals surface area contributed by atoms with Gasteiger partial charge in [0.15, 0.2) is 0 Å².